The molecule has 0 N–H and O–H groups in total. The highest BCUT2D eigenvalue weighted by molar-refractivity contribution is 6.31. The minimum atomic E-state index is 0.220. The van der Waals surface area contributed by atoms with Gasteiger partial charge in [0, 0.05) is 17.5 Å². The molecule has 0 aromatic heterocycles. The number of halogens is 1. The fourth-order valence-corrected chi connectivity index (χ4v) is 2.47. The Balaban J connectivity index is 1.98. The predicted molar refractivity (Wildman–Crippen MR) is 70.2 cm³/mol. The van der Waals surface area contributed by atoms with Gasteiger partial charge in [0.05, 0.1) is 11.6 Å². The lowest BCUT2D eigenvalue weighted by atomic mass is 9.98. The maximum Gasteiger partial charge on any atom is 0.123 e. The number of aldehydes is 1. The molecule has 0 unspecified atom stereocenters. The number of likely N-dealkylation sites (tertiary alicyclic amines) is 1. The summed E-state index contributed by atoms with van der Waals surface area (Å²) >= 11 is 6.15. The van der Waals surface area contributed by atoms with Crippen LogP contribution in [0.25, 0.3) is 0 Å². The number of hydrogen-bond donors (Lipinski definition) is 0. The van der Waals surface area contributed by atoms with E-state index in [0.717, 1.165) is 44.3 Å². The van der Waals surface area contributed by atoms with Crippen LogP contribution < -0.4 is 0 Å². The molecule has 0 spiro atoms. The Kier molecular flexibility index (Phi) is 4.35. The van der Waals surface area contributed by atoms with Crippen LogP contribution in [-0.4, -0.2) is 24.3 Å². The second-order valence-electron chi connectivity index (χ2n) is 4.67. The first-order valence-corrected chi connectivity index (χ1v) is 6.47. The lowest BCUT2D eigenvalue weighted by molar-refractivity contribution is -0.112. The van der Waals surface area contributed by atoms with Gasteiger partial charge in [0.1, 0.15) is 6.29 Å². The Morgan fingerprint density at radius 2 is 2.17 bits per heavy atom. The molecule has 18 heavy (non-hydrogen) atoms. The van der Waals surface area contributed by atoms with E-state index in [1.165, 1.54) is 0 Å². The third kappa shape index (κ3) is 3.10. The van der Waals surface area contributed by atoms with Crippen LogP contribution in [0.15, 0.2) is 18.2 Å². The second-order valence-corrected chi connectivity index (χ2v) is 5.07. The molecule has 1 aliphatic rings. The number of piperidine rings is 1. The van der Waals surface area contributed by atoms with Crippen LogP contribution in [0.2, 0.25) is 5.02 Å². The van der Waals surface area contributed by atoms with Gasteiger partial charge in [0.25, 0.3) is 0 Å². The summed E-state index contributed by atoms with van der Waals surface area (Å²) in [5, 5.41) is 9.42. The van der Waals surface area contributed by atoms with Crippen molar-refractivity contribution < 1.29 is 4.79 Å². The van der Waals surface area contributed by atoms with Gasteiger partial charge in [-0.1, -0.05) is 17.7 Å². The van der Waals surface area contributed by atoms with Crippen molar-refractivity contribution in [3.63, 3.8) is 0 Å². The SMILES string of the molecule is N#Cc1ccc(CN2CCC(C=O)CC2)c(Cl)c1. The van der Waals surface area contributed by atoms with Gasteiger partial charge in [0.2, 0.25) is 0 Å². The van der Waals surface area contributed by atoms with E-state index in [1.807, 2.05) is 6.07 Å². The number of carbonyl (C=O) groups excluding carboxylic acids is 1. The van der Waals surface area contributed by atoms with Crippen molar-refractivity contribution in [2.75, 3.05) is 13.1 Å². The number of benzene rings is 1. The summed E-state index contributed by atoms with van der Waals surface area (Å²) in [6, 6.07) is 7.48. The lowest BCUT2D eigenvalue weighted by Crippen LogP contribution is -2.33. The number of nitrogens with zero attached hydrogens (tertiary/aromatic N) is 2. The van der Waals surface area contributed by atoms with Crippen LogP contribution in [0.4, 0.5) is 0 Å². The molecule has 94 valence electrons. The predicted octanol–water partition coefficient (Wildman–Crippen LogP) is 2.62. The van der Waals surface area contributed by atoms with Gasteiger partial charge in [-0.25, -0.2) is 0 Å². The van der Waals surface area contributed by atoms with Crippen molar-refractivity contribution in [1.29, 1.82) is 5.26 Å². The zero-order chi connectivity index (χ0) is 13.0. The van der Waals surface area contributed by atoms with E-state index in [0.29, 0.717) is 10.6 Å². The molecule has 0 saturated carbocycles. The molecule has 3 nitrogen and oxygen atoms in total. The van der Waals surface area contributed by atoms with Crippen LogP contribution in [0, 0.1) is 17.2 Å². The highest BCUT2D eigenvalue weighted by Gasteiger charge is 2.19. The first kappa shape index (κ1) is 13.1. The maximum atomic E-state index is 10.7. The van der Waals surface area contributed by atoms with Crippen molar-refractivity contribution in [2.45, 2.75) is 19.4 Å². The minimum absolute atomic E-state index is 0.220. The van der Waals surface area contributed by atoms with E-state index in [1.54, 1.807) is 12.1 Å². The molecule has 1 fully saturated rings. The summed E-state index contributed by atoms with van der Waals surface area (Å²) in [6.07, 6.45) is 2.92. The highest BCUT2D eigenvalue weighted by Crippen LogP contribution is 2.22. The summed E-state index contributed by atoms with van der Waals surface area (Å²) in [7, 11) is 0. The molecule has 0 amide bonds. The molecule has 2 rings (SSSR count). The van der Waals surface area contributed by atoms with Gasteiger partial charge in [-0.15, -0.1) is 0 Å². The smallest absolute Gasteiger partial charge is 0.123 e. The van der Waals surface area contributed by atoms with E-state index in [2.05, 4.69) is 11.0 Å². The topological polar surface area (TPSA) is 44.1 Å². The molecule has 1 saturated heterocycles. The standard InChI is InChI=1S/C14H15ClN2O/c15-14-7-12(8-16)1-2-13(14)9-17-5-3-11(10-18)4-6-17/h1-2,7,10-11H,3-6,9H2. The Labute approximate surface area is 112 Å². The first-order chi connectivity index (χ1) is 8.72. The molecule has 1 aromatic rings. The van der Waals surface area contributed by atoms with E-state index in [9.17, 15) is 4.79 Å². The van der Waals surface area contributed by atoms with E-state index < -0.39 is 0 Å². The van der Waals surface area contributed by atoms with Crippen molar-refractivity contribution >= 4 is 17.9 Å². The quantitative estimate of drug-likeness (QED) is 0.787. The lowest BCUT2D eigenvalue weighted by Gasteiger charge is -2.29. The third-order valence-electron chi connectivity index (χ3n) is 3.40. The van der Waals surface area contributed by atoms with Crippen molar-refractivity contribution in [3.05, 3.63) is 34.3 Å². The summed E-state index contributed by atoms with van der Waals surface area (Å²) in [4.78, 5) is 13.0. The molecular formula is C14H15ClN2O. The average Bonchev–Trinajstić information content (AvgIpc) is 2.42. The molecule has 0 aliphatic carbocycles. The molecule has 0 bridgehead atoms. The molecule has 0 atom stereocenters. The number of nitriles is 1. The van der Waals surface area contributed by atoms with Crippen LogP contribution in [0.1, 0.15) is 24.0 Å². The van der Waals surface area contributed by atoms with Crippen LogP contribution >= 0.6 is 11.6 Å². The van der Waals surface area contributed by atoms with E-state index in [4.69, 9.17) is 16.9 Å². The second kappa shape index (κ2) is 5.99. The zero-order valence-corrected chi connectivity index (χ0v) is 10.9. The number of carbonyl (C=O) groups is 1. The monoisotopic (exact) mass is 262 g/mol. The summed E-state index contributed by atoms with van der Waals surface area (Å²) < 4.78 is 0. The first-order valence-electron chi connectivity index (χ1n) is 6.09. The van der Waals surface area contributed by atoms with Gasteiger partial charge in [0.15, 0.2) is 0 Å². The average molecular weight is 263 g/mol. The molecule has 0 radical (unpaired) electrons. The summed E-state index contributed by atoms with van der Waals surface area (Å²) in [5.74, 6) is 0.220. The van der Waals surface area contributed by atoms with Gasteiger partial charge < -0.3 is 4.79 Å². The Morgan fingerprint density at radius 1 is 1.44 bits per heavy atom. The summed E-state index contributed by atoms with van der Waals surface area (Å²) in [6.45, 7) is 2.65. The normalized spacial score (nSPS) is 17.3. The highest BCUT2D eigenvalue weighted by atomic mass is 35.5. The molecule has 1 heterocycles. The molecule has 4 heteroatoms. The summed E-state index contributed by atoms with van der Waals surface area (Å²) in [5.41, 5.74) is 1.63. The third-order valence-corrected chi connectivity index (χ3v) is 3.75. The number of hydrogen-bond acceptors (Lipinski definition) is 3. The Morgan fingerprint density at radius 3 is 2.72 bits per heavy atom. The van der Waals surface area contributed by atoms with Crippen molar-refractivity contribution in [1.82, 2.24) is 4.90 Å². The van der Waals surface area contributed by atoms with E-state index in [-0.39, 0.29) is 5.92 Å². The van der Waals surface area contributed by atoms with Crippen LogP contribution in [0.5, 0.6) is 0 Å². The maximum absolute atomic E-state index is 10.7. The van der Waals surface area contributed by atoms with Gasteiger partial charge in [-0.05, 0) is 43.6 Å². The zero-order valence-electron chi connectivity index (χ0n) is 10.1. The molecular weight excluding hydrogens is 248 g/mol. The molecule has 1 aromatic carbocycles. The van der Waals surface area contributed by atoms with Gasteiger partial charge in [-0.3, -0.25) is 4.90 Å². The van der Waals surface area contributed by atoms with Gasteiger partial charge >= 0.3 is 0 Å². The fourth-order valence-electron chi connectivity index (χ4n) is 2.23. The Hall–Kier alpha value is -1.37. The van der Waals surface area contributed by atoms with E-state index >= 15 is 0 Å². The van der Waals surface area contributed by atoms with Crippen LogP contribution in [-0.2, 0) is 11.3 Å². The largest absolute Gasteiger partial charge is 0.303 e. The minimum Gasteiger partial charge on any atom is -0.303 e. The van der Waals surface area contributed by atoms with Crippen molar-refractivity contribution in [2.24, 2.45) is 5.92 Å². The number of rotatable bonds is 3. The van der Waals surface area contributed by atoms with Gasteiger partial charge in [-0.2, -0.15) is 5.26 Å². The van der Waals surface area contributed by atoms with Crippen LogP contribution in [0.3, 0.4) is 0 Å². The van der Waals surface area contributed by atoms with Crippen molar-refractivity contribution in [3.8, 4) is 6.07 Å². The fraction of sp³-hybridized carbons (Fsp3) is 0.429. The molecule has 1 aliphatic heterocycles. The Bertz CT molecular complexity index is 473.